The van der Waals surface area contributed by atoms with Crippen molar-refractivity contribution in [3.63, 3.8) is 0 Å². The topological polar surface area (TPSA) is 30.5 Å². The van der Waals surface area contributed by atoms with Gasteiger partial charge in [0.2, 0.25) is 0 Å². The molecule has 2 rings (SSSR count). The highest BCUT2D eigenvalue weighted by Crippen LogP contribution is 2.41. The maximum absolute atomic E-state index is 5.55. The molecule has 1 aromatic rings. The van der Waals surface area contributed by atoms with Crippen LogP contribution in [0.25, 0.3) is 0 Å². The van der Waals surface area contributed by atoms with Gasteiger partial charge in [-0.05, 0) is 23.5 Å². The Balaban J connectivity index is 2.58. The van der Waals surface area contributed by atoms with Crippen molar-refractivity contribution in [3.05, 3.63) is 23.3 Å². The molecule has 0 amide bonds. The zero-order chi connectivity index (χ0) is 13.3. The Kier molecular flexibility index (Phi) is 3.81. The Labute approximate surface area is 109 Å². The van der Waals surface area contributed by atoms with Gasteiger partial charge in [0.1, 0.15) is 11.5 Å². The van der Waals surface area contributed by atoms with E-state index in [2.05, 4.69) is 32.2 Å². The Bertz CT molecular complexity index is 429. The van der Waals surface area contributed by atoms with Crippen molar-refractivity contribution in [1.29, 1.82) is 0 Å². The minimum Gasteiger partial charge on any atom is -0.497 e. The number of hydrogen-bond donors (Lipinski definition) is 1. The second-order valence-corrected chi connectivity index (χ2v) is 5.36. The van der Waals surface area contributed by atoms with Crippen LogP contribution in [0.2, 0.25) is 0 Å². The van der Waals surface area contributed by atoms with Gasteiger partial charge in [0, 0.05) is 24.2 Å². The summed E-state index contributed by atoms with van der Waals surface area (Å²) in [5.41, 5.74) is 2.65. The van der Waals surface area contributed by atoms with E-state index < -0.39 is 0 Å². The second-order valence-electron chi connectivity index (χ2n) is 5.36. The smallest absolute Gasteiger partial charge is 0.126 e. The van der Waals surface area contributed by atoms with Crippen LogP contribution in [0.1, 0.15) is 43.9 Å². The molecule has 2 atom stereocenters. The fourth-order valence-corrected chi connectivity index (χ4v) is 2.80. The highest BCUT2D eigenvalue weighted by atomic mass is 16.5. The standard InChI is InChI=1S/C15H23NO2/c1-9(2)15-12-6-11(17-4)7-13(18-5)14(12)10(3)8-16-15/h6-7,9-10,15-16H,8H2,1-5H3. The van der Waals surface area contributed by atoms with Gasteiger partial charge in [0.05, 0.1) is 14.2 Å². The predicted octanol–water partition coefficient (Wildman–Crippen LogP) is 3.11. The first-order chi connectivity index (χ1) is 8.58. The predicted molar refractivity (Wildman–Crippen MR) is 73.5 cm³/mol. The van der Waals surface area contributed by atoms with Gasteiger partial charge >= 0.3 is 0 Å². The van der Waals surface area contributed by atoms with Crippen LogP contribution in [-0.4, -0.2) is 20.8 Å². The molecule has 18 heavy (non-hydrogen) atoms. The van der Waals surface area contributed by atoms with Crippen LogP contribution in [0.5, 0.6) is 11.5 Å². The average Bonchev–Trinajstić information content (AvgIpc) is 2.37. The molecule has 2 unspecified atom stereocenters. The van der Waals surface area contributed by atoms with Crippen LogP contribution in [-0.2, 0) is 0 Å². The van der Waals surface area contributed by atoms with E-state index in [0.29, 0.717) is 17.9 Å². The van der Waals surface area contributed by atoms with E-state index in [1.807, 2.05) is 6.07 Å². The fourth-order valence-electron chi connectivity index (χ4n) is 2.80. The molecule has 100 valence electrons. The molecule has 0 saturated carbocycles. The van der Waals surface area contributed by atoms with Gasteiger partial charge in [-0.25, -0.2) is 0 Å². The molecule has 1 N–H and O–H groups in total. The maximum Gasteiger partial charge on any atom is 0.126 e. The Morgan fingerprint density at radius 2 is 1.94 bits per heavy atom. The number of rotatable bonds is 3. The summed E-state index contributed by atoms with van der Waals surface area (Å²) < 4.78 is 10.9. The normalized spacial score (nSPS) is 22.8. The van der Waals surface area contributed by atoms with Crippen LogP contribution in [0.4, 0.5) is 0 Å². The Morgan fingerprint density at radius 3 is 2.50 bits per heavy atom. The van der Waals surface area contributed by atoms with Crippen LogP contribution >= 0.6 is 0 Å². The number of methoxy groups -OCH3 is 2. The summed E-state index contributed by atoms with van der Waals surface area (Å²) in [6.45, 7) is 7.71. The Hall–Kier alpha value is -1.22. The van der Waals surface area contributed by atoms with Crippen molar-refractivity contribution in [3.8, 4) is 11.5 Å². The van der Waals surface area contributed by atoms with E-state index in [1.54, 1.807) is 14.2 Å². The van der Waals surface area contributed by atoms with Gasteiger partial charge in [-0.3, -0.25) is 0 Å². The summed E-state index contributed by atoms with van der Waals surface area (Å²) in [4.78, 5) is 0. The molecule has 0 bridgehead atoms. The molecule has 3 heteroatoms. The van der Waals surface area contributed by atoms with Gasteiger partial charge in [-0.15, -0.1) is 0 Å². The lowest BCUT2D eigenvalue weighted by molar-refractivity contribution is 0.349. The lowest BCUT2D eigenvalue weighted by Gasteiger charge is -2.34. The van der Waals surface area contributed by atoms with Crippen molar-refractivity contribution in [2.75, 3.05) is 20.8 Å². The molecule has 0 aromatic heterocycles. The third-order valence-corrected chi connectivity index (χ3v) is 3.74. The highest BCUT2D eigenvalue weighted by molar-refractivity contribution is 5.51. The van der Waals surface area contributed by atoms with E-state index in [-0.39, 0.29) is 0 Å². The van der Waals surface area contributed by atoms with E-state index in [0.717, 1.165) is 18.0 Å². The van der Waals surface area contributed by atoms with Gasteiger partial charge in [-0.1, -0.05) is 20.8 Å². The molecule has 0 spiro atoms. The lowest BCUT2D eigenvalue weighted by atomic mass is 9.82. The zero-order valence-corrected chi connectivity index (χ0v) is 11.9. The van der Waals surface area contributed by atoms with Crippen LogP contribution < -0.4 is 14.8 Å². The number of ether oxygens (including phenoxy) is 2. The summed E-state index contributed by atoms with van der Waals surface area (Å²) in [6.07, 6.45) is 0. The summed E-state index contributed by atoms with van der Waals surface area (Å²) in [7, 11) is 3.43. The number of nitrogens with one attached hydrogen (secondary N) is 1. The summed E-state index contributed by atoms with van der Waals surface area (Å²) in [6, 6.07) is 4.50. The average molecular weight is 249 g/mol. The minimum atomic E-state index is 0.375. The molecule has 0 fully saturated rings. The number of hydrogen-bond acceptors (Lipinski definition) is 3. The quantitative estimate of drug-likeness (QED) is 0.893. The molecular weight excluding hydrogens is 226 g/mol. The van der Waals surface area contributed by atoms with Gasteiger partial charge in [-0.2, -0.15) is 0 Å². The van der Waals surface area contributed by atoms with Crippen LogP contribution in [0.3, 0.4) is 0 Å². The van der Waals surface area contributed by atoms with E-state index in [4.69, 9.17) is 9.47 Å². The zero-order valence-electron chi connectivity index (χ0n) is 11.9. The van der Waals surface area contributed by atoms with Crippen molar-refractivity contribution < 1.29 is 9.47 Å². The Morgan fingerprint density at radius 1 is 1.22 bits per heavy atom. The summed E-state index contributed by atoms with van der Waals surface area (Å²) in [5, 5.41) is 3.62. The van der Waals surface area contributed by atoms with E-state index in [9.17, 15) is 0 Å². The second kappa shape index (κ2) is 5.19. The minimum absolute atomic E-state index is 0.375. The molecule has 0 radical (unpaired) electrons. The molecular formula is C15H23NO2. The maximum atomic E-state index is 5.55. The molecule has 1 heterocycles. The first-order valence-electron chi connectivity index (χ1n) is 6.57. The molecule has 1 aliphatic heterocycles. The van der Waals surface area contributed by atoms with Gasteiger partial charge < -0.3 is 14.8 Å². The first-order valence-corrected chi connectivity index (χ1v) is 6.57. The van der Waals surface area contributed by atoms with Crippen molar-refractivity contribution in [2.24, 2.45) is 5.92 Å². The third kappa shape index (κ3) is 2.19. The van der Waals surface area contributed by atoms with Crippen LogP contribution in [0.15, 0.2) is 12.1 Å². The third-order valence-electron chi connectivity index (χ3n) is 3.74. The van der Waals surface area contributed by atoms with Gasteiger partial charge in [0.15, 0.2) is 0 Å². The van der Waals surface area contributed by atoms with Crippen molar-refractivity contribution >= 4 is 0 Å². The van der Waals surface area contributed by atoms with Crippen LogP contribution in [0, 0.1) is 5.92 Å². The number of benzene rings is 1. The highest BCUT2D eigenvalue weighted by Gasteiger charge is 2.29. The summed E-state index contributed by atoms with van der Waals surface area (Å²) >= 11 is 0. The lowest BCUT2D eigenvalue weighted by Crippen LogP contribution is -2.35. The first kappa shape index (κ1) is 13.2. The molecule has 3 nitrogen and oxygen atoms in total. The van der Waals surface area contributed by atoms with E-state index >= 15 is 0 Å². The molecule has 1 aromatic carbocycles. The fraction of sp³-hybridized carbons (Fsp3) is 0.600. The monoisotopic (exact) mass is 249 g/mol. The largest absolute Gasteiger partial charge is 0.497 e. The molecule has 1 aliphatic rings. The van der Waals surface area contributed by atoms with Gasteiger partial charge in [0.25, 0.3) is 0 Å². The molecule has 0 aliphatic carbocycles. The SMILES string of the molecule is COc1cc(OC)c2c(c1)C(C(C)C)NCC2C. The number of fused-ring (bicyclic) bond motifs is 1. The van der Waals surface area contributed by atoms with E-state index in [1.165, 1.54) is 11.1 Å². The van der Waals surface area contributed by atoms with Crippen molar-refractivity contribution in [1.82, 2.24) is 5.32 Å². The molecule has 0 saturated heterocycles. The van der Waals surface area contributed by atoms with Crippen molar-refractivity contribution in [2.45, 2.75) is 32.7 Å². The summed E-state index contributed by atoms with van der Waals surface area (Å²) in [5.74, 6) is 2.83.